The molecule has 0 amide bonds. The first-order valence-electron chi connectivity index (χ1n) is 5.78. The van der Waals surface area contributed by atoms with Gasteiger partial charge in [0.05, 0.1) is 12.2 Å². The number of fused-ring (bicyclic) bond motifs is 1. The molecule has 1 aromatic rings. The lowest BCUT2D eigenvalue weighted by Crippen LogP contribution is -2.35. The fraction of sp³-hybridized carbons (Fsp3) is 0.750. The Morgan fingerprint density at radius 1 is 1.47 bits per heavy atom. The highest BCUT2D eigenvalue weighted by atomic mass is 15.0. The van der Waals surface area contributed by atoms with Gasteiger partial charge in [0, 0.05) is 17.2 Å². The third kappa shape index (κ3) is 2.40. The van der Waals surface area contributed by atoms with E-state index in [2.05, 4.69) is 43.0 Å². The number of hydrogen-bond donors (Lipinski definition) is 2. The van der Waals surface area contributed by atoms with E-state index in [1.807, 2.05) is 0 Å². The molecular weight excluding hydrogens is 186 g/mol. The van der Waals surface area contributed by atoms with Gasteiger partial charge >= 0.3 is 0 Å². The Morgan fingerprint density at radius 3 is 2.80 bits per heavy atom. The Balaban J connectivity index is 2.03. The number of imidazole rings is 1. The van der Waals surface area contributed by atoms with Crippen LogP contribution in [0.5, 0.6) is 0 Å². The lowest BCUT2D eigenvalue weighted by atomic mass is 10.1. The molecule has 3 nitrogen and oxygen atoms in total. The average molecular weight is 207 g/mol. The zero-order valence-electron chi connectivity index (χ0n) is 10.1. The first kappa shape index (κ1) is 10.7. The quantitative estimate of drug-likeness (QED) is 0.781. The van der Waals surface area contributed by atoms with Crippen LogP contribution in [0.15, 0.2) is 0 Å². The van der Waals surface area contributed by atoms with Crippen LogP contribution < -0.4 is 5.32 Å². The minimum Gasteiger partial charge on any atom is -0.345 e. The van der Waals surface area contributed by atoms with Crippen molar-refractivity contribution >= 4 is 0 Å². The van der Waals surface area contributed by atoms with Crippen LogP contribution in [-0.4, -0.2) is 15.5 Å². The van der Waals surface area contributed by atoms with Gasteiger partial charge in [-0.3, -0.25) is 0 Å². The van der Waals surface area contributed by atoms with Gasteiger partial charge in [-0.1, -0.05) is 6.92 Å². The SMILES string of the molecule is CC1CCc2[nH]c(CNC(C)(C)C)nc21. The molecule has 0 aromatic carbocycles. The normalized spacial score (nSPS) is 20.7. The Hall–Kier alpha value is -0.830. The van der Waals surface area contributed by atoms with Gasteiger partial charge in [-0.2, -0.15) is 0 Å². The monoisotopic (exact) mass is 207 g/mol. The number of aromatic amines is 1. The fourth-order valence-electron chi connectivity index (χ4n) is 2.01. The van der Waals surface area contributed by atoms with Crippen LogP contribution in [0.25, 0.3) is 0 Å². The minimum absolute atomic E-state index is 0.156. The molecule has 84 valence electrons. The van der Waals surface area contributed by atoms with Gasteiger partial charge in [-0.25, -0.2) is 4.98 Å². The Labute approximate surface area is 91.7 Å². The van der Waals surface area contributed by atoms with E-state index in [9.17, 15) is 0 Å². The lowest BCUT2D eigenvalue weighted by Gasteiger charge is -2.19. The maximum absolute atomic E-state index is 4.66. The number of nitrogens with one attached hydrogen (secondary N) is 2. The smallest absolute Gasteiger partial charge is 0.120 e. The van der Waals surface area contributed by atoms with E-state index in [4.69, 9.17) is 0 Å². The number of aryl methyl sites for hydroxylation is 1. The van der Waals surface area contributed by atoms with Crippen molar-refractivity contribution in [2.75, 3.05) is 0 Å². The Morgan fingerprint density at radius 2 is 2.20 bits per heavy atom. The van der Waals surface area contributed by atoms with Gasteiger partial charge in [0.15, 0.2) is 0 Å². The van der Waals surface area contributed by atoms with Gasteiger partial charge in [-0.05, 0) is 33.6 Å². The van der Waals surface area contributed by atoms with Crippen molar-refractivity contribution in [2.24, 2.45) is 0 Å². The van der Waals surface area contributed by atoms with Gasteiger partial charge in [0.2, 0.25) is 0 Å². The summed E-state index contributed by atoms with van der Waals surface area (Å²) in [6.45, 7) is 9.61. The van der Waals surface area contributed by atoms with E-state index >= 15 is 0 Å². The maximum atomic E-state index is 4.66. The summed E-state index contributed by atoms with van der Waals surface area (Å²) >= 11 is 0. The molecule has 2 rings (SSSR count). The predicted octanol–water partition coefficient (Wildman–Crippen LogP) is 2.35. The summed E-state index contributed by atoms with van der Waals surface area (Å²) in [5, 5.41) is 3.45. The van der Waals surface area contributed by atoms with Crippen molar-refractivity contribution < 1.29 is 0 Å². The van der Waals surface area contributed by atoms with Gasteiger partial charge < -0.3 is 10.3 Å². The highest BCUT2D eigenvalue weighted by Crippen LogP contribution is 2.30. The summed E-state index contributed by atoms with van der Waals surface area (Å²) in [5.41, 5.74) is 2.80. The molecule has 0 fully saturated rings. The molecule has 0 radical (unpaired) electrons. The molecule has 1 aliphatic rings. The van der Waals surface area contributed by atoms with Crippen LogP contribution in [0.4, 0.5) is 0 Å². The summed E-state index contributed by atoms with van der Waals surface area (Å²) in [7, 11) is 0. The van der Waals surface area contributed by atoms with Crippen molar-refractivity contribution in [3.05, 3.63) is 17.2 Å². The van der Waals surface area contributed by atoms with E-state index in [1.165, 1.54) is 24.2 Å². The van der Waals surface area contributed by atoms with Crippen LogP contribution in [-0.2, 0) is 13.0 Å². The maximum Gasteiger partial charge on any atom is 0.120 e. The van der Waals surface area contributed by atoms with Crippen molar-refractivity contribution in [2.45, 2.75) is 58.5 Å². The molecule has 2 N–H and O–H groups in total. The first-order chi connectivity index (χ1) is 6.96. The second-order valence-corrected chi connectivity index (χ2v) is 5.59. The Kier molecular flexibility index (Phi) is 2.59. The molecule has 1 aliphatic carbocycles. The summed E-state index contributed by atoms with van der Waals surface area (Å²) in [6, 6.07) is 0. The molecule has 1 unspecified atom stereocenters. The third-order valence-electron chi connectivity index (χ3n) is 2.94. The molecule has 1 aromatic heterocycles. The molecule has 0 saturated carbocycles. The van der Waals surface area contributed by atoms with Crippen LogP contribution in [0.2, 0.25) is 0 Å². The molecular formula is C12H21N3. The standard InChI is InChI=1S/C12H21N3/c1-8-5-6-9-11(8)15-10(14-9)7-13-12(2,3)4/h8,13H,5-7H2,1-4H3,(H,14,15). The van der Waals surface area contributed by atoms with Crippen LogP contribution >= 0.6 is 0 Å². The molecule has 1 heterocycles. The Bertz CT molecular complexity index is 346. The molecule has 3 heteroatoms. The van der Waals surface area contributed by atoms with Crippen molar-refractivity contribution in [3.8, 4) is 0 Å². The summed E-state index contributed by atoms with van der Waals surface area (Å²) in [6.07, 6.45) is 2.42. The molecule has 0 bridgehead atoms. The van der Waals surface area contributed by atoms with Crippen molar-refractivity contribution in [1.82, 2.24) is 15.3 Å². The largest absolute Gasteiger partial charge is 0.345 e. The minimum atomic E-state index is 0.156. The summed E-state index contributed by atoms with van der Waals surface area (Å²) in [5.74, 6) is 1.72. The van der Waals surface area contributed by atoms with Crippen LogP contribution in [0.1, 0.15) is 57.2 Å². The summed E-state index contributed by atoms with van der Waals surface area (Å²) in [4.78, 5) is 8.08. The van der Waals surface area contributed by atoms with Gasteiger partial charge in [-0.15, -0.1) is 0 Å². The van der Waals surface area contributed by atoms with Crippen LogP contribution in [0, 0.1) is 0 Å². The first-order valence-corrected chi connectivity index (χ1v) is 5.78. The van der Waals surface area contributed by atoms with Crippen LogP contribution in [0.3, 0.4) is 0 Å². The molecule has 0 saturated heterocycles. The van der Waals surface area contributed by atoms with Gasteiger partial charge in [0.1, 0.15) is 5.82 Å². The van der Waals surface area contributed by atoms with E-state index in [-0.39, 0.29) is 5.54 Å². The topological polar surface area (TPSA) is 40.7 Å². The second-order valence-electron chi connectivity index (χ2n) is 5.59. The number of nitrogens with zero attached hydrogens (tertiary/aromatic N) is 1. The molecule has 0 aliphatic heterocycles. The highest BCUT2D eigenvalue weighted by Gasteiger charge is 2.23. The predicted molar refractivity (Wildman–Crippen MR) is 61.9 cm³/mol. The number of H-pyrrole nitrogens is 1. The number of aromatic nitrogens is 2. The number of hydrogen-bond acceptors (Lipinski definition) is 2. The molecule has 15 heavy (non-hydrogen) atoms. The zero-order chi connectivity index (χ0) is 11.1. The lowest BCUT2D eigenvalue weighted by molar-refractivity contribution is 0.418. The van der Waals surface area contributed by atoms with Gasteiger partial charge in [0.25, 0.3) is 0 Å². The molecule has 1 atom stereocenters. The molecule has 0 spiro atoms. The summed E-state index contributed by atoms with van der Waals surface area (Å²) < 4.78 is 0. The van der Waals surface area contributed by atoms with Crippen molar-refractivity contribution in [3.63, 3.8) is 0 Å². The second kappa shape index (κ2) is 3.63. The fourth-order valence-corrected chi connectivity index (χ4v) is 2.01. The third-order valence-corrected chi connectivity index (χ3v) is 2.94. The van der Waals surface area contributed by atoms with Crippen molar-refractivity contribution in [1.29, 1.82) is 0 Å². The van der Waals surface area contributed by atoms with E-state index in [1.54, 1.807) is 0 Å². The highest BCUT2D eigenvalue weighted by molar-refractivity contribution is 5.24. The number of rotatable bonds is 2. The average Bonchev–Trinajstić information content (AvgIpc) is 2.64. The van der Waals surface area contributed by atoms with E-state index < -0.39 is 0 Å². The van der Waals surface area contributed by atoms with E-state index in [0.717, 1.165) is 12.4 Å². The zero-order valence-corrected chi connectivity index (χ0v) is 10.1. The van der Waals surface area contributed by atoms with E-state index in [0.29, 0.717) is 5.92 Å².